The number of hydrogen-bond donors (Lipinski definition) is 0. The first-order chi connectivity index (χ1) is 17.1. The number of imidazole rings is 1. The standard InChI is InChI=1S/C27H26ClN5O2/c1-35-22-6-4-5-18(13-22)27(34)33-20-9-10-21(33)16-31(15-20)17-24-26(23-11-8-19(28)14-29-23)30-25-7-2-3-12-32(24)25/h2-8,11-14,20-21H,9-10,15-17H2,1H3. The summed E-state index contributed by atoms with van der Waals surface area (Å²) in [5.41, 5.74) is 4.36. The molecule has 2 bridgehead atoms. The third kappa shape index (κ3) is 4.05. The van der Waals surface area contributed by atoms with E-state index in [0.29, 0.717) is 16.3 Å². The Labute approximate surface area is 208 Å². The summed E-state index contributed by atoms with van der Waals surface area (Å²) in [5.74, 6) is 0.801. The fraction of sp³-hybridized carbons (Fsp3) is 0.296. The van der Waals surface area contributed by atoms with E-state index in [2.05, 4.69) is 19.2 Å². The number of halogens is 1. The van der Waals surface area contributed by atoms with Gasteiger partial charge in [0.15, 0.2) is 0 Å². The normalized spacial score (nSPS) is 19.9. The SMILES string of the molecule is COc1cccc(C(=O)N2C3CCC2CN(Cc2c(-c4ccc(Cl)cn4)nc4ccccn24)C3)c1. The number of piperazine rings is 1. The number of benzene rings is 1. The zero-order chi connectivity index (χ0) is 23.9. The van der Waals surface area contributed by atoms with E-state index in [-0.39, 0.29) is 18.0 Å². The van der Waals surface area contributed by atoms with Crippen molar-refractivity contribution in [2.75, 3.05) is 20.2 Å². The summed E-state index contributed by atoms with van der Waals surface area (Å²) in [6.45, 7) is 2.40. The quantitative estimate of drug-likeness (QED) is 0.413. The van der Waals surface area contributed by atoms with Crippen LogP contribution < -0.4 is 4.74 Å². The van der Waals surface area contributed by atoms with E-state index in [0.717, 1.165) is 55.2 Å². The van der Waals surface area contributed by atoms with Crippen molar-refractivity contribution in [2.45, 2.75) is 31.5 Å². The predicted molar refractivity (Wildman–Crippen MR) is 135 cm³/mol. The van der Waals surface area contributed by atoms with Crippen LogP contribution in [0.3, 0.4) is 0 Å². The molecule has 2 unspecified atom stereocenters. The monoisotopic (exact) mass is 487 g/mol. The molecule has 8 heteroatoms. The van der Waals surface area contributed by atoms with E-state index < -0.39 is 0 Å². The highest BCUT2D eigenvalue weighted by Gasteiger charge is 2.43. The smallest absolute Gasteiger partial charge is 0.254 e. The molecule has 2 atom stereocenters. The lowest BCUT2D eigenvalue weighted by atomic mass is 10.1. The van der Waals surface area contributed by atoms with Gasteiger partial charge in [0, 0.05) is 49.7 Å². The first-order valence-electron chi connectivity index (χ1n) is 11.9. The maximum absolute atomic E-state index is 13.4. The van der Waals surface area contributed by atoms with Crippen molar-refractivity contribution in [3.8, 4) is 17.1 Å². The van der Waals surface area contributed by atoms with Crippen LogP contribution >= 0.6 is 11.6 Å². The Bertz CT molecular complexity index is 1370. The average Bonchev–Trinajstić information content (AvgIpc) is 3.38. The van der Waals surface area contributed by atoms with Crippen LogP contribution in [0.5, 0.6) is 5.75 Å². The highest BCUT2D eigenvalue weighted by Crippen LogP contribution is 2.34. The number of carbonyl (C=O) groups is 1. The summed E-state index contributed by atoms with van der Waals surface area (Å²) >= 11 is 6.08. The summed E-state index contributed by atoms with van der Waals surface area (Å²) < 4.78 is 7.47. The van der Waals surface area contributed by atoms with Crippen LogP contribution in [0.2, 0.25) is 5.02 Å². The van der Waals surface area contributed by atoms with Crippen molar-refractivity contribution in [3.05, 3.63) is 83.3 Å². The molecule has 7 nitrogen and oxygen atoms in total. The van der Waals surface area contributed by atoms with Crippen LogP contribution in [-0.4, -0.2) is 62.4 Å². The summed E-state index contributed by atoms with van der Waals surface area (Å²) in [7, 11) is 1.63. The Morgan fingerprint density at radius 3 is 2.66 bits per heavy atom. The van der Waals surface area contributed by atoms with Crippen LogP contribution in [-0.2, 0) is 6.54 Å². The van der Waals surface area contributed by atoms with Gasteiger partial charge in [-0.2, -0.15) is 0 Å². The predicted octanol–water partition coefficient (Wildman–Crippen LogP) is 4.55. The number of amides is 1. The van der Waals surface area contributed by atoms with Crippen LogP contribution in [0.1, 0.15) is 28.9 Å². The van der Waals surface area contributed by atoms with Gasteiger partial charge >= 0.3 is 0 Å². The van der Waals surface area contributed by atoms with Crippen molar-refractivity contribution in [1.29, 1.82) is 0 Å². The highest BCUT2D eigenvalue weighted by molar-refractivity contribution is 6.30. The van der Waals surface area contributed by atoms with Crippen LogP contribution in [0.25, 0.3) is 17.0 Å². The van der Waals surface area contributed by atoms with Gasteiger partial charge in [0.1, 0.15) is 17.1 Å². The van der Waals surface area contributed by atoms with E-state index in [1.807, 2.05) is 60.8 Å². The molecule has 6 rings (SSSR count). The van der Waals surface area contributed by atoms with Gasteiger partial charge in [-0.05, 0) is 55.3 Å². The Hall–Kier alpha value is -3.42. The zero-order valence-electron chi connectivity index (χ0n) is 19.5. The molecular formula is C27H26ClN5O2. The molecule has 35 heavy (non-hydrogen) atoms. The van der Waals surface area contributed by atoms with Crippen LogP contribution in [0, 0.1) is 0 Å². The highest BCUT2D eigenvalue weighted by atomic mass is 35.5. The Morgan fingerprint density at radius 1 is 1.09 bits per heavy atom. The van der Waals surface area contributed by atoms with Crippen molar-refractivity contribution in [1.82, 2.24) is 24.2 Å². The van der Waals surface area contributed by atoms with Gasteiger partial charge in [0.05, 0.1) is 23.5 Å². The summed E-state index contributed by atoms with van der Waals surface area (Å²) in [6.07, 6.45) is 5.76. The molecule has 0 saturated carbocycles. The molecular weight excluding hydrogens is 462 g/mol. The minimum atomic E-state index is 0.0944. The third-order valence-corrected chi connectivity index (χ3v) is 7.30. The van der Waals surface area contributed by atoms with E-state index in [1.54, 1.807) is 13.3 Å². The number of rotatable bonds is 5. The molecule has 2 aliphatic heterocycles. The number of methoxy groups -OCH3 is 1. The maximum Gasteiger partial charge on any atom is 0.254 e. The third-order valence-electron chi connectivity index (χ3n) is 7.08. The van der Waals surface area contributed by atoms with Crippen molar-refractivity contribution in [3.63, 3.8) is 0 Å². The second kappa shape index (κ2) is 8.98. The zero-order valence-corrected chi connectivity index (χ0v) is 20.2. The second-order valence-corrected chi connectivity index (χ2v) is 9.66. The van der Waals surface area contributed by atoms with Gasteiger partial charge in [-0.1, -0.05) is 23.7 Å². The van der Waals surface area contributed by atoms with Gasteiger partial charge in [-0.3, -0.25) is 14.7 Å². The van der Waals surface area contributed by atoms with Crippen molar-refractivity contribution >= 4 is 23.2 Å². The molecule has 0 N–H and O–H groups in total. The number of nitrogens with zero attached hydrogens (tertiary/aromatic N) is 5. The van der Waals surface area contributed by atoms with Crippen LogP contribution in [0.15, 0.2) is 67.0 Å². The molecule has 0 aliphatic carbocycles. The lowest BCUT2D eigenvalue weighted by Gasteiger charge is -2.41. The summed E-state index contributed by atoms with van der Waals surface area (Å²) in [4.78, 5) is 27.4. The molecule has 1 aromatic carbocycles. The minimum Gasteiger partial charge on any atom is -0.497 e. The average molecular weight is 488 g/mol. The molecule has 2 aliphatic rings. The lowest BCUT2D eigenvalue weighted by Crippen LogP contribution is -2.55. The fourth-order valence-corrected chi connectivity index (χ4v) is 5.60. The fourth-order valence-electron chi connectivity index (χ4n) is 5.49. The Balaban J connectivity index is 1.27. The second-order valence-electron chi connectivity index (χ2n) is 9.22. The first-order valence-corrected chi connectivity index (χ1v) is 12.3. The molecule has 5 heterocycles. The van der Waals surface area contributed by atoms with Crippen molar-refractivity contribution < 1.29 is 9.53 Å². The van der Waals surface area contributed by atoms with E-state index >= 15 is 0 Å². The summed E-state index contributed by atoms with van der Waals surface area (Å²) in [5, 5.41) is 0.604. The molecule has 1 amide bonds. The number of likely N-dealkylation sites (tertiary alicyclic amines) is 1. The number of hydrogen-bond acceptors (Lipinski definition) is 5. The van der Waals surface area contributed by atoms with E-state index in [9.17, 15) is 4.79 Å². The van der Waals surface area contributed by atoms with Gasteiger partial charge < -0.3 is 14.0 Å². The van der Waals surface area contributed by atoms with Gasteiger partial charge in [0.25, 0.3) is 5.91 Å². The molecule has 4 aromatic rings. The maximum atomic E-state index is 13.4. The van der Waals surface area contributed by atoms with Gasteiger partial charge in [0.2, 0.25) is 0 Å². The summed E-state index contributed by atoms with van der Waals surface area (Å²) in [6, 6.07) is 17.6. The lowest BCUT2D eigenvalue weighted by molar-refractivity contribution is 0.0402. The van der Waals surface area contributed by atoms with Gasteiger partial charge in [-0.15, -0.1) is 0 Å². The number of ether oxygens (including phenoxy) is 1. The van der Waals surface area contributed by atoms with Crippen LogP contribution in [0.4, 0.5) is 0 Å². The molecule has 3 aromatic heterocycles. The molecule has 2 saturated heterocycles. The van der Waals surface area contributed by atoms with E-state index in [1.165, 1.54) is 0 Å². The first kappa shape index (κ1) is 22.1. The number of aromatic nitrogens is 3. The molecule has 0 spiro atoms. The Kier molecular flexibility index (Phi) is 5.66. The number of fused-ring (bicyclic) bond motifs is 3. The van der Waals surface area contributed by atoms with Crippen molar-refractivity contribution in [2.24, 2.45) is 0 Å². The molecule has 2 fully saturated rings. The Morgan fingerprint density at radius 2 is 1.91 bits per heavy atom. The topological polar surface area (TPSA) is 63.0 Å². The van der Waals surface area contributed by atoms with E-state index in [4.69, 9.17) is 21.3 Å². The van der Waals surface area contributed by atoms with Gasteiger partial charge in [-0.25, -0.2) is 4.98 Å². The minimum absolute atomic E-state index is 0.0944. The molecule has 178 valence electrons. The largest absolute Gasteiger partial charge is 0.497 e. The number of pyridine rings is 2. The molecule has 0 radical (unpaired) electrons. The number of carbonyl (C=O) groups excluding carboxylic acids is 1.